The molecule has 0 radical (unpaired) electrons. The molecule has 1 aliphatic heterocycles. The summed E-state index contributed by atoms with van der Waals surface area (Å²) in [6.07, 6.45) is -4.61. The molecular weight excluding hydrogens is 389 g/mol. The van der Waals surface area contributed by atoms with Crippen LogP contribution in [0, 0.1) is 0 Å². The lowest BCUT2D eigenvalue weighted by atomic mass is 10.1. The summed E-state index contributed by atoms with van der Waals surface area (Å²) in [6, 6.07) is 10.0. The lowest BCUT2D eigenvalue weighted by molar-refractivity contribution is -0.139. The molecule has 1 heterocycles. The zero-order valence-electron chi connectivity index (χ0n) is 15.1. The molecule has 0 saturated carbocycles. The number of hydrogen-bond donors (Lipinski definition) is 2. The van der Waals surface area contributed by atoms with Crippen molar-refractivity contribution in [1.29, 1.82) is 0 Å². The summed E-state index contributed by atoms with van der Waals surface area (Å²) < 4.78 is 39.5. The number of amides is 2. The smallest absolute Gasteiger partial charge is 0.416 e. The molecule has 9 heteroatoms. The fraction of sp³-hybridized carbons (Fsp3) is 0.250. The highest BCUT2D eigenvalue weighted by atomic mass is 19.4. The predicted octanol–water partition coefficient (Wildman–Crippen LogP) is 2.93. The maximum absolute atomic E-state index is 13.2. The quantitative estimate of drug-likeness (QED) is 0.800. The lowest BCUT2D eigenvalue weighted by Crippen LogP contribution is -2.37. The number of halogens is 3. The Bertz CT molecular complexity index is 959. The van der Waals surface area contributed by atoms with Crippen LogP contribution in [0.2, 0.25) is 0 Å². The first-order valence-electron chi connectivity index (χ1n) is 8.73. The van der Waals surface area contributed by atoms with E-state index in [1.54, 1.807) is 0 Å². The first-order chi connectivity index (χ1) is 13.7. The van der Waals surface area contributed by atoms with Crippen LogP contribution in [0.5, 0.6) is 0 Å². The number of benzene rings is 2. The molecule has 3 rings (SSSR count). The van der Waals surface area contributed by atoms with Gasteiger partial charge in [0.15, 0.2) is 0 Å². The van der Waals surface area contributed by atoms with Gasteiger partial charge in [-0.3, -0.25) is 9.59 Å². The van der Waals surface area contributed by atoms with Gasteiger partial charge < -0.3 is 15.3 Å². The number of carbonyl (C=O) groups is 3. The highest BCUT2D eigenvalue weighted by molar-refractivity contribution is 6.05. The van der Waals surface area contributed by atoms with Crippen molar-refractivity contribution in [3.63, 3.8) is 0 Å². The average molecular weight is 406 g/mol. The third kappa shape index (κ3) is 4.56. The van der Waals surface area contributed by atoms with Crippen LogP contribution >= 0.6 is 0 Å². The lowest BCUT2D eigenvalue weighted by Gasteiger charge is -2.20. The molecule has 0 aliphatic carbocycles. The van der Waals surface area contributed by atoms with Gasteiger partial charge in [0.1, 0.15) is 0 Å². The maximum atomic E-state index is 13.2. The molecule has 29 heavy (non-hydrogen) atoms. The van der Waals surface area contributed by atoms with E-state index in [0.717, 1.165) is 6.07 Å². The summed E-state index contributed by atoms with van der Waals surface area (Å²) in [5.74, 6) is -2.30. The van der Waals surface area contributed by atoms with Gasteiger partial charge in [0.25, 0.3) is 5.91 Å². The number of alkyl halides is 3. The molecule has 0 spiro atoms. The third-order valence-corrected chi connectivity index (χ3v) is 4.64. The van der Waals surface area contributed by atoms with Crippen LogP contribution in [0.15, 0.2) is 48.5 Å². The van der Waals surface area contributed by atoms with E-state index in [2.05, 4.69) is 5.32 Å². The number of nitrogens with zero attached hydrogens (tertiary/aromatic N) is 1. The Hall–Kier alpha value is -3.36. The van der Waals surface area contributed by atoms with Gasteiger partial charge in [-0.15, -0.1) is 0 Å². The van der Waals surface area contributed by atoms with Crippen molar-refractivity contribution in [1.82, 2.24) is 10.2 Å². The summed E-state index contributed by atoms with van der Waals surface area (Å²) in [7, 11) is 0. The highest BCUT2D eigenvalue weighted by Crippen LogP contribution is 2.32. The summed E-state index contributed by atoms with van der Waals surface area (Å²) >= 11 is 0. The van der Waals surface area contributed by atoms with Crippen LogP contribution in [0.3, 0.4) is 0 Å². The van der Waals surface area contributed by atoms with Crippen molar-refractivity contribution in [2.45, 2.75) is 25.2 Å². The molecule has 6 nitrogen and oxygen atoms in total. The van der Waals surface area contributed by atoms with Gasteiger partial charge in [0.2, 0.25) is 5.91 Å². The van der Waals surface area contributed by atoms with Crippen molar-refractivity contribution in [3.8, 4) is 0 Å². The second-order valence-corrected chi connectivity index (χ2v) is 6.65. The Balaban J connectivity index is 1.71. The van der Waals surface area contributed by atoms with Crippen molar-refractivity contribution in [3.05, 3.63) is 70.8 Å². The average Bonchev–Trinajstić information content (AvgIpc) is 3.00. The van der Waals surface area contributed by atoms with Gasteiger partial charge in [-0.05, 0) is 23.8 Å². The molecule has 1 unspecified atom stereocenters. The molecule has 2 N–H and O–H groups in total. The van der Waals surface area contributed by atoms with Crippen molar-refractivity contribution in [2.75, 3.05) is 6.54 Å². The van der Waals surface area contributed by atoms with Gasteiger partial charge in [-0.1, -0.05) is 30.3 Å². The topological polar surface area (TPSA) is 86.7 Å². The van der Waals surface area contributed by atoms with Gasteiger partial charge in [-0.25, -0.2) is 4.79 Å². The Labute approximate surface area is 163 Å². The first-order valence-corrected chi connectivity index (χ1v) is 8.73. The number of hydrogen-bond acceptors (Lipinski definition) is 3. The highest BCUT2D eigenvalue weighted by Gasteiger charge is 2.36. The molecule has 0 aromatic heterocycles. The number of nitrogens with one attached hydrogen (secondary N) is 1. The van der Waals surface area contributed by atoms with Gasteiger partial charge in [0.05, 0.1) is 22.7 Å². The standard InChI is InChI=1S/C20H17F3N2O4/c21-20(22,23)16-8-4-1-5-12(16)10-25-11-13(9-17(25)26)24-18(27)14-6-2-3-7-15(14)19(28)29/h1-8,13H,9-11H2,(H,24,27)(H,28,29). The fourth-order valence-electron chi connectivity index (χ4n) is 3.29. The minimum absolute atomic E-state index is 0.0310. The SMILES string of the molecule is O=C(O)c1ccccc1C(=O)NC1CC(=O)N(Cc2ccccc2C(F)(F)F)C1. The molecule has 152 valence electrons. The van der Waals surface area contributed by atoms with Crippen LogP contribution < -0.4 is 5.32 Å². The Morgan fingerprint density at radius 2 is 1.69 bits per heavy atom. The second-order valence-electron chi connectivity index (χ2n) is 6.65. The summed E-state index contributed by atoms with van der Waals surface area (Å²) in [4.78, 5) is 37.2. The number of rotatable bonds is 5. The van der Waals surface area contributed by atoms with Crippen LogP contribution in [0.25, 0.3) is 0 Å². The number of aromatic carboxylic acids is 1. The van der Waals surface area contributed by atoms with E-state index in [4.69, 9.17) is 0 Å². The Morgan fingerprint density at radius 3 is 2.34 bits per heavy atom. The van der Waals surface area contributed by atoms with E-state index in [0.29, 0.717) is 0 Å². The number of likely N-dealkylation sites (tertiary alicyclic amines) is 1. The fourth-order valence-corrected chi connectivity index (χ4v) is 3.29. The molecular formula is C20H17F3N2O4. The van der Waals surface area contributed by atoms with Crippen molar-refractivity contribution < 1.29 is 32.7 Å². The van der Waals surface area contributed by atoms with Crippen LogP contribution in [-0.2, 0) is 17.5 Å². The minimum atomic E-state index is -4.53. The number of carbonyl (C=O) groups excluding carboxylic acids is 2. The van der Waals surface area contributed by atoms with E-state index < -0.39 is 35.6 Å². The van der Waals surface area contributed by atoms with E-state index in [1.165, 1.54) is 47.4 Å². The number of carboxylic acids is 1. The first kappa shape index (κ1) is 20.4. The zero-order chi connectivity index (χ0) is 21.2. The monoisotopic (exact) mass is 406 g/mol. The summed E-state index contributed by atoms with van der Waals surface area (Å²) in [5, 5.41) is 11.8. The minimum Gasteiger partial charge on any atom is -0.478 e. The van der Waals surface area contributed by atoms with Crippen LogP contribution in [0.1, 0.15) is 38.3 Å². The maximum Gasteiger partial charge on any atom is 0.416 e. The molecule has 1 saturated heterocycles. The Morgan fingerprint density at radius 1 is 1.07 bits per heavy atom. The summed E-state index contributed by atoms with van der Waals surface area (Å²) in [6.45, 7) is -0.196. The van der Waals surface area contributed by atoms with E-state index in [-0.39, 0.29) is 36.2 Å². The molecule has 1 aliphatic rings. The predicted molar refractivity (Wildman–Crippen MR) is 96.1 cm³/mol. The van der Waals surface area contributed by atoms with Gasteiger partial charge in [0, 0.05) is 19.5 Å². The van der Waals surface area contributed by atoms with Crippen molar-refractivity contribution >= 4 is 17.8 Å². The summed E-state index contributed by atoms with van der Waals surface area (Å²) in [5.41, 5.74) is -1.06. The van der Waals surface area contributed by atoms with Gasteiger partial charge >= 0.3 is 12.1 Å². The number of carboxylic acid groups (broad SMARTS) is 1. The van der Waals surface area contributed by atoms with Crippen LogP contribution in [-0.4, -0.2) is 40.4 Å². The van der Waals surface area contributed by atoms with E-state index in [1.807, 2.05) is 0 Å². The van der Waals surface area contributed by atoms with Crippen molar-refractivity contribution in [2.24, 2.45) is 0 Å². The molecule has 1 atom stereocenters. The largest absolute Gasteiger partial charge is 0.478 e. The molecule has 1 fully saturated rings. The molecule has 2 aromatic carbocycles. The molecule has 0 bridgehead atoms. The second kappa shape index (κ2) is 7.94. The van der Waals surface area contributed by atoms with E-state index in [9.17, 15) is 32.7 Å². The van der Waals surface area contributed by atoms with Crippen LogP contribution in [0.4, 0.5) is 13.2 Å². The zero-order valence-corrected chi connectivity index (χ0v) is 15.1. The third-order valence-electron chi connectivity index (χ3n) is 4.64. The Kier molecular flexibility index (Phi) is 5.58. The molecule has 2 aromatic rings. The van der Waals surface area contributed by atoms with E-state index >= 15 is 0 Å². The molecule has 2 amide bonds. The van der Waals surface area contributed by atoms with Gasteiger partial charge in [-0.2, -0.15) is 13.2 Å². The normalized spacial score (nSPS) is 16.7.